The molecule has 3 nitrogen and oxygen atoms in total. The van der Waals surface area contributed by atoms with Crippen molar-refractivity contribution in [1.82, 2.24) is 5.32 Å². The van der Waals surface area contributed by atoms with Crippen molar-refractivity contribution in [2.75, 3.05) is 5.32 Å². The zero-order valence-electron chi connectivity index (χ0n) is 7.79. The highest BCUT2D eigenvalue weighted by atomic mass is 16.2. The van der Waals surface area contributed by atoms with Gasteiger partial charge in [0.2, 0.25) is 0 Å². The molecule has 1 aliphatic heterocycles. The first-order valence-corrected chi connectivity index (χ1v) is 5.01. The molecule has 1 aromatic carbocycles. The second kappa shape index (κ2) is 2.74. The van der Waals surface area contributed by atoms with E-state index in [0.29, 0.717) is 5.92 Å². The Balaban J connectivity index is 1.95. The van der Waals surface area contributed by atoms with Gasteiger partial charge in [0.05, 0.1) is 5.56 Å². The maximum Gasteiger partial charge on any atom is 0.254 e. The lowest BCUT2D eigenvalue weighted by Crippen LogP contribution is -2.46. The van der Waals surface area contributed by atoms with E-state index < -0.39 is 0 Å². The quantitative estimate of drug-likeness (QED) is 0.702. The summed E-state index contributed by atoms with van der Waals surface area (Å²) in [6, 6.07) is 7.65. The maximum absolute atomic E-state index is 11.7. The molecule has 0 bridgehead atoms. The van der Waals surface area contributed by atoms with Crippen LogP contribution in [0, 0.1) is 5.92 Å². The van der Waals surface area contributed by atoms with E-state index in [1.165, 1.54) is 12.8 Å². The molecule has 2 aliphatic rings. The van der Waals surface area contributed by atoms with Crippen molar-refractivity contribution in [3.8, 4) is 0 Å². The Morgan fingerprint density at radius 2 is 1.93 bits per heavy atom. The van der Waals surface area contributed by atoms with Crippen molar-refractivity contribution in [3.05, 3.63) is 29.8 Å². The summed E-state index contributed by atoms with van der Waals surface area (Å²) in [7, 11) is 0. The molecule has 1 unspecified atom stereocenters. The minimum Gasteiger partial charge on any atom is -0.364 e. The van der Waals surface area contributed by atoms with Gasteiger partial charge in [-0.25, -0.2) is 0 Å². The Kier molecular flexibility index (Phi) is 1.54. The van der Waals surface area contributed by atoms with Crippen molar-refractivity contribution >= 4 is 11.6 Å². The second-order valence-corrected chi connectivity index (χ2v) is 3.98. The van der Waals surface area contributed by atoms with Gasteiger partial charge in [0.15, 0.2) is 0 Å². The number of rotatable bonds is 1. The van der Waals surface area contributed by atoms with E-state index in [0.717, 1.165) is 11.3 Å². The van der Waals surface area contributed by atoms with Crippen molar-refractivity contribution in [2.24, 2.45) is 5.92 Å². The van der Waals surface area contributed by atoms with E-state index in [1.54, 1.807) is 0 Å². The van der Waals surface area contributed by atoms with Crippen LogP contribution in [0.5, 0.6) is 0 Å². The maximum atomic E-state index is 11.7. The zero-order chi connectivity index (χ0) is 9.54. The monoisotopic (exact) mass is 188 g/mol. The number of para-hydroxylation sites is 1. The molecule has 1 fully saturated rings. The lowest BCUT2D eigenvalue weighted by Gasteiger charge is -2.27. The Labute approximate surface area is 82.5 Å². The minimum atomic E-state index is 0.0521. The molecule has 1 heterocycles. The number of fused-ring (bicyclic) bond motifs is 1. The molecule has 3 rings (SSSR count). The average molecular weight is 188 g/mol. The molecule has 72 valence electrons. The fraction of sp³-hybridized carbons (Fsp3) is 0.364. The summed E-state index contributed by atoms with van der Waals surface area (Å²) >= 11 is 0. The Hall–Kier alpha value is -1.51. The third kappa shape index (κ3) is 1.16. The molecule has 1 amide bonds. The smallest absolute Gasteiger partial charge is 0.254 e. The van der Waals surface area contributed by atoms with Crippen LogP contribution in [-0.4, -0.2) is 12.1 Å². The molecule has 0 radical (unpaired) electrons. The van der Waals surface area contributed by atoms with Crippen LogP contribution in [0.15, 0.2) is 24.3 Å². The van der Waals surface area contributed by atoms with Crippen molar-refractivity contribution in [3.63, 3.8) is 0 Å². The lowest BCUT2D eigenvalue weighted by molar-refractivity contribution is 0.0931. The number of carbonyl (C=O) groups excluding carboxylic acids is 1. The van der Waals surface area contributed by atoms with Crippen LogP contribution in [0.2, 0.25) is 0 Å². The summed E-state index contributed by atoms with van der Waals surface area (Å²) in [5.41, 5.74) is 1.72. The zero-order valence-corrected chi connectivity index (χ0v) is 7.79. The fourth-order valence-corrected chi connectivity index (χ4v) is 1.89. The van der Waals surface area contributed by atoms with Crippen LogP contribution in [0.4, 0.5) is 5.69 Å². The van der Waals surface area contributed by atoms with Crippen LogP contribution in [0.1, 0.15) is 23.2 Å². The predicted molar refractivity (Wildman–Crippen MR) is 54.0 cm³/mol. The number of carbonyl (C=O) groups is 1. The first kappa shape index (κ1) is 7.85. The number of anilines is 1. The van der Waals surface area contributed by atoms with Gasteiger partial charge in [0.25, 0.3) is 5.91 Å². The van der Waals surface area contributed by atoms with Crippen LogP contribution >= 0.6 is 0 Å². The molecule has 1 aliphatic carbocycles. The highest BCUT2D eigenvalue weighted by molar-refractivity contribution is 6.01. The molecule has 0 saturated heterocycles. The standard InChI is InChI=1S/C11H12N2O/c14-11-8-3-1-2-4-9(8)12-10(13-11)7-5-6-7/h1-4,7,10,12H,5-6H2,(H,13,14). The second-order valence-electron chi connectivity index (χ2n) is 3.98. The summed E-state index contributed by atoms with van der Waals surface area (Å²) in [5.74, 6) is 0.684. The highest BCUT2D eigenvalue weighted by Gasteiger charge is 2.35. The Bertz CT molecular complexity index is 385. The Morgan fingerprint density at radius 3 is 2.71 bits per heavy atom. The number of benzene rings is 1. The molecule has 0 spiro atoms. The normalized spacial score (nSPS) is 24.9. The summed E-state index contributed by atoms with van der Waals surface area (Å²) in [5, 5.41) is 6.34. The molecule has 0 aromatic heterocycles. The van der Waals surface area contributed by atoms with Crippen molar-refractivity contribution < 1.29 is 4.79 Å². The van der Waals surface area contributed by atoms with Gasteiger partial charge in [-0.15, -0.1) is 0 Å². The molecule has 1 aromatic rings. The molecule has 2 N–H and O–H groups in total. The first-order valence-electron chi connectivity index (χ1n) is 5.01. The summed E-state index contributed by atoms with van der Waals surface area (Å²) < 4.78 is 0. The number of amides is 1. The SMILES string of the molecule is O=C1NC(C2CC2)Nc2ccccc21. The van der Waals surface area contributed by atoms with E-state index in [-0.39, 0.29) is 12.1 Å². The topological polar surface area (TPSA) is 41.1 Å². The first-order chi connectivity index (χ1) is 6.84. The predicted octanol–water partition coefficient (Wildman–Crippen LogP) is 1.58. The summed E-state index contributed by atoms with van der Waals surface area (Å²) in [6.45, 7) is 0. The Morgan fingerprint density at radius 1 is 1.14 bits per heavy atom. The largest absolute Gasteiger partial charge is 0.364 e. The number of nitrogens with one attached hydrogen (secondary N) is 2. The van der Waals surface area contributed by atoms with Crippen LogP contribution in [0.25, 0.3) is 0 Å². The van der Waals surface area contributed by atoms with E-state index in [1.807, 2.05) is 24.3 Å². The third-order valence-corrected chi connectivity index (χ3v) is 2.86. The van der Waals surface area contributed by atoms with Gasteiger partial charge in [-0.05, 0) is 30.9 Å². The van der Waals surface area contributed by atoms with E-state index >= 15 is 0 Å². The fourth-order valence-electron chi connectivity index (χ4n) is 1.89. The van der Waals surface area contributed by atoms with E-state index in [4.69, 9.17) is 0 Å². The number of hydrogen-bond donors (Lipinski definition) is 2. The van der Waals surface area contributed by atoms with Gasteiger partial charge in [-0.1, -0.05) is 12.1 Å². The van der Waals surface area contributed by atoms with Gasteiger partial charge < -0.3 is 10.6 Å². The molecular formula is C11H12N2O. The molecule has 14 heavy (non-hydrogen) atoms. The molecular weight excluding hydrogens is 176 g/mol. The van der Waals surface area contributed by atoms with Gasteiger partial charge in [-0.3, -0.25) is 4.79 Å². The van der Waals surface area contributed by atoms with Crippen LogP contribution < -0.4 is 10.6 Å². The number of hydrogen-bond acceptors (Lipinski definition) is 2. The summed E-state index contributed by atoms with van der Waals surface area (Å²) in [6.07, 6.45) is 2.60. The van der Waals surface area contributed by atoms with Crippen molar-refractivity contribution in [1.29, 1.82) is 0 Å². The van der Waals surface area contributed by atoms with Crippen molar-refractivity contribution in [2.45, 2.75) is 19.0 Å². The van der Waals surface area contributed by atoms with Gasteiger partial charge in [-0.2, -0.15) is 0 Å². The lowest BCUT2D eigenvalue weighted by atomic mass is 10.1. The molecule has 3 heteroatoms. The highest BCUT2D eigenvalue weighted by Crippen LogP contribution is 2.35. The van der Waals surface area contributed by atoms with Gasteiger partial charge in [0.1, 0.15) is 6.17 Å². The van der Waals surface area contributed by atoms with Crippen LogP contribution in [-0.2, 0) is 0 Å². The average Bonchev–Trinajstić information content (AvgIpc) is 3.01. The van der Waals surface area contributed by atoms with Gasteiger partial charge >= 0.3 is 0 Å². The van der Waals surface area contributed by atoms with Gasteiger partial charge in [0, 0.05) is 5.69 Å². The molecule has 1 atom stereocenters. The van der Waals surface area contributed by atoms with E-state index in [9.17, 15) is 4.79 Å². The van der Waals surface area contributed by atoms with E-state index in [2.05, 4.69) is 10.6 Å². The van der Waals surface area contributed by atoms with Crippen LogP contribution in [0.3, 0.4) is 0 Å². The minimum absolute atomic E-state index is 0.0521. The summed E-state index contributed by atoms with van der Waals surface area (Å²) in [4.78, 5) is 11.7. The third-order valence-electron chi connectivity index (χ3n) is 2.86. The molecule has 1 saturated carbocycles.